The van der Waals surface area contributed by atoms with Crippen LogP contribution in [0, 0.1) is 6.92 Å². The van der Waals surface area contributed by atoms with Crippen LogP contribution in [0.1, 0.15) is 24.2 Å². The zero-order valence-corrected chi connectivity index (χ0v) is 8.65. The van der Waals surface area contributed by atoms with Gasteiger partial charge in [-0.25, -0.2) is 0 Å². The molecule has 1 aromatic rings. The first-order valence-corrected chi connectivity index (χ1v) is 4.72. The van der Waals surface area contributed by atoms with E-state index in [0.29, 0.717) is 5.69 Å². The maximum Gasteiger partial charge on any atom is 0.316 e. The molecule has 5 nitrogen and oxygen atoms in total. The molecule has 1 fully saturated rings. The van der Waals surface area contributed by atoms with Crippen molar-refractivity contribution < 1.29 is 14.7 Å². The van der Waals surface area contributed by atoms with Gasteiger partial charge in [-0.1, -0.05) is 0 Å². The number of nitrogens with zero attached hydrogens (tertiary/aromatic N) is 2. The maximum atomic E-state index is 11.2. The third-order valence-electron chi connectivity index (χ3n) is 3.01. The van der Waals surface area contributed by atoms with Crippen molar-refractivity contribution in [2.75, 3.05) is 0 Å². The molecule has 0 radical (unpaired) electrons. The van der Waals surface area contributed by atoms with Crippen LogP contribution in [0.5, 0.6) is 0 Å². The monoisotopic (exact) mass is 208 g/mol. The molecule has 80 valence electrons. The summed E-state index contributed by atoms with van der Waals surface area (Å²) in [6, 6.07) is 1.74. The van der Waals surface area contributed by atoms with Crippen molar-refractivity contribution in [3.63, 3.8) is 0 Å². The summed E-state index contributed by atoms with van der Waals surface area (Å²) < 4.78 is 1.63. The van der Waals surface area contributed by atoms with E-state index in [9.17, 15) is 9.59 Å². The Labute approximate surface area is 86.7 Å². The number of aliphatic carboxylic acids is 1. The Bertz CT molecular complexity index is 420. The van der Waals surface area contributed by atoms with Crippen LogP contribution >= 0.6 is 0 Å². The number of aryl methyl sites for hydroxylation is 2. The fourth-order valence-electron chi connectivity index (χ4n) is 1.86. The van der Waals surface area contributed by atoms with E-state index in [-0.39, 0.29) is 18.6 Å². The van der Waals surface area contributed by atoms with E-state index < -0.39 is 11.4 Å². The second-order valence-corrected chi connectivity index (χ2v) is 4.07. The standard InChI is InChI=1S/C10H12N2O3/c1-6-3-8(11-12(6)2)10(9(14)15)4-7(13)5-10/h3H,4-5H2,1-2H3,(H,14,15). The molecule has 1 aliphatic rings. The Hall–Kier alpha value is -1.65. The second-order valence-electron chi connectivity index (χ2n) is 4.07. The summed E-state index contributed by atoms with van der Waals surface area (Å²) in [5.41, 5.74) is 0.322. The van der Waals surface area contributed by atoms with Gasteiger partial charge in [0.2, 0.25) is 0 Å². The predicted octanol–water partition coefficient (Wildman–Crippen LogP) is 0.414. The first-order valence-electron chi connectivity index (χ1n) is 4.72. The molecule has 0 aromatic carbocycles. The molecule has 0 saturated heterocycles. The Morgan fingerprint density at radius 2 is 2.20 bits per heavy atom. The number of carboxylic acids is 1. The van der Waals surface area contributed by atoms with Gasteiger partial charge in [-0.15, -0.1) is 0 Å². The van der Waals surface area contributed by atoms with Crippen molar-refractivity contribution in [1.82, 2.24) is 9.78 Å². The summed E-state index contributed by atoms with van der Waals surface area (Å²) in [4.78, 5) is 22.2. The first kappa shape index (κ1) is 9.89. The molecule has 15 heavy (non-hydrogen) atoms. The van der Waals surface area contributed by atoms with Crippen LogP contribution in [0.25, 0.3) is 0 Å². The molecule has 1 saturated carbocycles. The van der Waals surface area contributed by atoms with E-state index in [1.165, 1.54) is 0 Å². The quantitative estimate of drug-likeness (QED) is 0.764. The minimum absolute atomic E-state index is 0.0132. The Kier molecular flexibility index (Phi) is 1.92. The highest BCUT2D eigenvalue weighted by molar-refractivity contribution is 6.01. The van der Waals surface area contributed by atoms with Gasteiger partial charge in [0.05, 0.1) is 5.69 Å². The van der Waals surface area contributed by atoms with Gasteiger partial charge >= 0.3 is 5.97 Å². The zero-order valence-electron chi connectivity index (χ0n) is 8.65. The molecule has 1 aromatic heterocycles. The molecule has 1 heterocycles. The van der Waals surface area contributed by atoms with Crippen molar-refractivity contribution in [1.29, 1.82) is 0 Å². The highest BCUT2D eigenvalue weighted by Crippen LogP contribution is 2.40. The summed E-state index contributed by atoms with van der Waals surface area (Å²) in [6.07, 6.45) is 0.136. The van der Waals surface area contributed by atoms with E-state index in [1.54, 1.807) is 17.8 Å². The van der Waals surface area contributed by atoms with Gasteiger partial charge in [-0.3, -0.25) is 14.3 Å². The van der Waals surface area contributed by atoms with E-state index >= 15 is 0 Å². The van der Waals surface area contributed by atoms with E-state index in [0.717, 1.165) is 5.69 Å². The number of hydrogen-bond acceptors (Lipinski definition) is 3. The van der Waals surface area contributed by atoms with Gasteiger partial charge in [-0.2, -0.15) is 5.10 Å². The molecular weight excluding hydrogens is 196 g/mol. The minimum Gasteiger partial charge on any atom is -0.481 e. The maximum absolute atomic E-state index is 11.2. The summed E-state index contributed by atoms with van der Waals surface area (Å²) in [6.45, 7) is 1.85. The lowest BCUT2D eigenvalue weighted by atomic mass is 9.66. The smallest absolute Gasteiger partial charge is 0.316 e. The number of rotatable bonds is 2. The Balaban J connectivity index is 2.43. The van der Waals surface area contributed by atoms with Gasteiger partial charge in [0.25, 0.3) is 0 Å². The summed E-state index contributed by atoms with van der Waals surface area (Å²) >= 11 is 0. The molecule has 0 spiro atoms. The lowest BCUT2D eigenvalue weighted by Gasteiger charge is -2.34. The highest BCUT2D eigenvalue weighted by atomic mass is 16.4. The molecule has 0 atom stereocenters. The second kappa shape index (κ2) is 2.92. The average Bonchev–Trinajstić information content (AvgIpc) is 2.40. The highest BCUT2D eigenvalue weighted by Gasteiger charge is 2.53. The third kappa shape index (κ3) is 1.26. The van der Waals surface area contributed by atoms with Gasteiger partial charge in [0.1, 0.15) is 11.2 Å². The van der Waals surface area contributed by atoms with Gasteiger partial charge in [0.15, 0.2) is 0 Å². The number of hydrogen-bond donors (Lipinski definition) is 1. The summed E-state index contributed by atoms with van der Waals surface area (Å²) in [5.74, 6) is -0.971. The molecule has 1 N–H and O–H groups in total. The first-order chi connectivity index (χ1) is 6.95. The van der Waals surface area contributed by atoms with Crippen LogP contribution in [0.2, 0.25) is 0 Å². The number of Topliss-reactive ketones (excluding diaryl/α,β-unsaturated/α-hetero) is 1. The topological polar surface area (TPSA) is 72.2 Å². The fraction of sp³-hybridized carbons (Fsp3) is 0.500. The van der Waals surface area contributed by atoms with E-state index in [1.807, 2.05) is 6.92 Å². The third-order valence-corrected chi connectivity index (χ3v) is 3.01. The summed E-state index contributed by atoms with van der Waals surface area (Å²) in [7, 11) is 1.76. The van der Waals surface area contributed by atoms with Gasteiger partial charge < -0.3 is 5.11 Å². The molecule has 0 aliphatic heterocycles. The van der Waals surface area contributed by atoms with Crippen molar-refractivity contribution in [3.05, 3.63) is 17.5 Å². The zero-order chi connectivity index (χ0) is 11.2. The summed E-state index contributed by atoms with van der Waals surface area (Å²) in [5, 5.41) is 13.3. The van der Waals surface area contributed by atoms with Gasteiger partial charge in [-0.05, 0) is 13.0 Å². The average molecular weight is 208 g/mol. The molecule has 1 aliphatic carbocycles. The minimum atomic E-state index is -1.07. The molecule has 5 heteroatoms. The van der Waals surface area contributed by atoms with Crippen LogP contribution in [-0.2, 0) is 22.1 Å². The van der Waals surface area contributed by atoms with Crippen LogP contribution in [0.3, 0.4) is 0 Å². The number of carboxylic acid groups (broad SMARTS) is 1. The van der Waals surface area contributed by atoms with Crippen LogP contribution < -0.4 is 0 Å². The normalized spacial score (nSPS) is 18.7. The van der Waals surface area contributed by atoms with Crippen LogP contribution in [-0.4, -0.2) is 26.6 Å². The van der Waals surface area contributed by atoms with Crippen molar-refractivity contribution >= 4 is 11.8 Å². The molecule has 0 amide bonds. The Morgan fingerprint density at radius 1 is 1.60 bits per heavy atom. The molecule has 0 bridgehead atoms. The van der Waals surface area contributed by atoms with Crippen molar-refractivity contribution in [2.24, 2.45) is 7.05 Å². The SMILES string of the molecule is Cc1cc(C2(C(=O)O)CC(=O)C2)nn1C. The Morgan fingerprint density at radius 3 is 2.53 bits per heavy atom. The number of aromatic nitrogens is 2. The van der Waals surface area contributed by atoms with Crippen molar-refractivity contribution in [3.8, 4) is 0 Å². The molecular formula is C10H12N2O3. The van der Waals surface area contributed by atoms with Gasteiger partial charge in [0, 0.05) is 25.6 Å². The van der Waals surface area contributed by atoms with Crippen molar-refractivity contribution in [2.45, 2.75) is 25.2 Å². The number of carbonyl (C=O) groups excluding carboxylic acids is 1. The van der Waals surface area contributed by atoms with Crippen LogP contribution in [0.4, 0.5) is 0 Å². The molecule has 0 unspecified atom stereocenters. The predicted molar refractivity (Wildman–Crippen MR) is 51.5 cm³/mol. The lowest BCUT2D eigenvalue weighted by Crippen LogP contribution is -2.48. The number of ketones is 1. The fourth-order valence-corrected chi connectivity index (χ4v) is 1.86. The largest absolute Gasteiger partial charge is 0.481 e. The number of carbonyl (C=O) groups is 2. The molecule has 2 rings (SSSR count). The van der Waals surface area contributed by atoms with E-state index in [2.05, 4.69) is 5.10 Å². The van der Waals surface area contributed by atoms with E-state index in [4.69, 9.17) is 5.11 Å². The lowest BCUT2D eigenvalue weighted by molar-refractivity contribution is -0.153. The van der Waals surface area contributed by atoms with Crippen LogP contribution in [0.15, 0.2) is 6.07 Å².